The van der Waals surface area contributed by atoms with E-state index in [1.807, 2.05) is 0 Å². The summed E-state index contributed by atoms with van der Waals surface area (Å²) in [6.45, 7) is -0.420. The number of urea groups is 1. The predicted molar refractivity (Wildman–Crippen MR) is 41.6 cm³/mol. The highest BCUT2D eigenvalue weighted by Gasteiger charge is 2.24. The second-order valence-electron chi connectivity index (χ2n) is 3.03. The second-order valence-corrected chi connectivity index (χ2v) is 3.03. The molecule has 0 saturated heterocycles. The van der Waals surface area contributed by atoms with Gasteiger partial charge in [-0.05, 0) is 12.8 Å². The van der Waals surface area contributed by atoms with Crippen LogP contribution in [0.15, 0.2) is 0 Å². The molecule has 1 fully saturated rings. The van der Waals surface area contributed by atoms with Crippen molar-refractivity contribution < 1.29 is 18.7 Å². The number of halogens is 2. The number of carbonyl (C=O) groups is 1. The van der Waals surface area contributed by atoms with Crippen LogP contribution in [0.5, 0.6) is 0 Å². The predicted octanol–water partition coefficient (Wildman–Crippen LogP) is 0.0740. The zero-order valence-electron chi connectivity index (χ0n) is 6.96. The van der Waals surface area contributed by atoms with Crippen molar-refractivity contribution in [3.63, 3.8) is 0 Å². The monoisotopic (exact) mass is 194 g/mol. The molecule has 0 bridgehead atoms. The molecule has 0 aliphatic heterocycles. The van der Waals surface area contributed by atoms with E-state index in [-0.39, 0.29) is 6.04 Å². The smallest absolute Gasteiger partial charge is 0.315 e. The van der Waals surface area contributed by atoms with Crippen LogP contribution in [-0.4, -0.2) is 36.3 Å². The van der Waals surface area contributed by atoms with Gasteiger partial charge in [-0.1, -0.05) is 0 Å². The summed E-state index contributed by atoms with van der Waals surface area (Å²) in [5.74, 6) is 0. The van der Waals surface area contributed by atoms with Gasteiger partial charge in [0.05, 0.1) is 6.54 Å². The van der Waals surface area contributed by atoms with Gasteiger partial charge in [0.2, 0.25) is 0 Å². The van der Waals surface area contributed by atoms with Crippen molar-refractivity contribution in [1.82, 2.24) is 10.6 Å². The molecule has 1 saturated carbocycles. The SMILES string of the molecule is O=C(NCC(O)C(F)F)NC1CC1. The molecular weight excluding hydrogens is 182 g/mol. The topological polar surface area (TPSA) is 61.4 Å². The number of carbonyl (C=O) groups excluding carboxylic acids is 1. The van der Waals surface area contributed by atoms with Crippen molar-refractivity contribution in [3.05, 3.63) is 0 Å². The maximum Gasteiger partial charge on any atom is 0.315 e. The van der Waals surface area contributed by atoms with Crippen LogP contribution in [0.4, 0.5) is 13.6 Å². The Morgan fingerprint density at radius 1 is 1.54 bits per heavy atom. The molecule has 4 nitrogen and oxygen atoms in total. The summed E-state index contributed by atoms with van der Waals surface area (Å²) in [5, 5.41) is 13.3. The molecule has 0 radical (unpaired) electrons. The van der Waals surface area contributed by atoms with Crippen LogP contribution in [-0.2, 0) is 0 Å². The minimum absolute atomic E-state index is 0.184. The van der Waals surface area contributed by atoms with Gasteiger partial charge in [-0.2, -0.15) is 0 Å². The Labute approximate surface area is 74.3 Å². The van der Waals surface area contributed by atoms with E-state index in [2.05, 4.69) is 10.6 Å². The molecular formula is C7H12F2N2O2. The van der Waals surface area contributed by atoms with E-state index in [9.17, 15) is 13.6 Å². The molecule has 1 rings (SSSR count). The number of alkyl halides is 2. The number of aliphatic hydroxyl groups is 1. The minimum atomic E-state index is -2.82. The van der Waals surface area contributed by atoms with Crippen LogP contribution < -0.4 is 10.6 Å². The molecule has 0 aromatic rings. The summed E-state index contributed by atoms with van der Waals surface area (Å²) in [4.78, 5) is 10.8. The van der Waals surface area contributed by atoms with E-state index in [1.165, 1.54) is 0 Å². The van der Waals surface area contributed by atoms with Crippen LogP contribution in [0.25, 0.3) is 0 Å². The van der Waals surface area contributed by atoms with E-state index in [0.717, 1.165) is 12.8 Å². The van der Waals surface area contributed by atoms with Gasteiger partial charge >= 0.3 is 6.03 Å². The standard InChI is InChI=1S/C7H12F2N2O2/c8-6(9)5(12)3-10-7(13)11-4-1-2-4/h4-6,12H,1-3H2,(H2,10,11,13). The summed E-state index contributed by atoms with van der Waals surface area (Å²) in [6, 6.07) is -0.314. The maximum absolute atomic E-state index is 11.7. The highest BCUT2D eigenvalue weighted by molar-refractivity contribution is 5.74. The van der Waals surface area contributed by atoms with E-state index in [1.54, 1.807) is 0 Å². The van der Waals surface area contributed by atoms with Crippen molar-refractivity contribution >= 4 is 6.03 Å². The largest absolute Gasteiger partial charge is 0.385 e. The maximum atomic E-state index is 11.7. The first-order chi connectivity index (χ1) is 6.09. The van der Waals surface area contributed by atoms with Crippen molar-refractivity contribution in [3.8, 4) is 0 Å². The normalized spacial score (nSPS) is 18.5. The van der Waals surface area contributed by atoms with Gasteiger partial charge < -0.3 is 15.7 Å². The number of hydrogen-bond donors (Lipinski definition) is 3. The summed E-state index contributed by atoms with van der Waals surface area (Å²) in [6.07, 6.45) is -2.73. The Morgan fingerprint density at radius 2 is 2.15 bits per heavy atom. The Morgan fingerprint density at radius 3 is 2.62 bits per heavy atom. The molecule has 2 amide bonds. The first kappa shape index (κ1) is 10.2. The fourth-order valence-corrected chi connectivity index (χ4v) is 0.750. The quantitative estimate of drug-likeness (QED) is 0.593. The summed E-state index contributed by atoms with van der Waals surface area (Å²) in [5.41, 5.74) is 0. The lowest BCUT2D eigenvalue weighted by atomic mass is 10.4. The Balaban J connectivity index is 2.06. The molecule has 1 aliphatic rings. The zero-order valence-corrected chi connectivity index (χ0v) is 6.96. The van der Waals surface area contributed by atoms with E-state index in [0.29, 0.717) is 0 Å². The van der Waals surface area contributed by atoms with Crippen LogP contribution in [0, 0.1) is 0 Å². The molecule has 13 heavy (non-hydrogen) atoms. The van der Waals surface area contributed by atoms with E-state index >= 15 is 0 Å². The third-order valence-corrected chi connectivity index (χ3v) is 1.68. The van der Waals surface area contributed by atoms with Crippen molar-refractivity contribution in [2.75, 3.05) is 6.54 Å². The highest BCUT2D eigenvalue weighted by Crippen LogP contribution is 2.18. The average molecular weight is 194 g/mol. The van der Waals surface area contributed by atoms with Gasteiger partial charge in [0, 0.05) is 6.04 Å². The Hall–Kier alpha value is -0.910. The number of nitrogens with one attached hydrogen (secondary N) is 2. The number of hydrogen-bond acceptors (Lipinski definition) is 2. The molecule has 0 aromatic carbocycles. The lowest BCUT2D eigenvalue weighted by Crippen LogP contribution is -2.42. The van der Waals surface area contributed by atoms with Gasteiger partial charge in [-0.3, -0.25) is 0 Å². The van der Waals surface area contributed by atoms with Crippen molar-refractivity contribution in [2.24, 2.45) is 0 Å². The van der Waals surface area contributed by atoms with Gasteiger partial charge in [0.15, 0.2) is 0 Å². The molecule has 6 heteroatoms. The third-order valence-electron chi connectivity index (χ3n) is 1.68. The molecule has 1 atom stereocenters. The van der Waals surface area contributed by atoms with E-state index < -0.39 is 25.1 Å². The molecule has 0 spiro atoms. The number of aliphatic hydroxyl groups excluding tert-OH is 1. The molecule has 76 valence electrons. The summed E-state index contributed by atoms with van der Waals surface area (Å²) < 4.78 is 23.5. The fourth-order valence-electron chi connectivity index (χ4n) is 0.750. The van der Waals surface area contributed by atoms with Crippen LogP contribution in [0.1, 0.15) is 12.8 Å². The number of amides is 2. The highest BCUT2D eigenvalue weighted by atomic mass is 19.3. The number of rotatable bonds is 4. The van der Waals surface area contributed by atoms with Crippen LogP contribution >= 0.6 is 0 Å². The molecule has 0 aromatic heterocycles. The average Bonchev–Trinajstić information content (AvgIpc) is 2.83. The second kappa shape index (κ2) is 4.36. The van der Waals surface area contributed by atoms with E-state index in [4.69, 9.17) is 5.11 Å². The molecule has 3 N–H and O–H groups in total. The lowest BCUT2D eigenvalue weighted by Gasteiger charge is -2.10. The molecule has 0 heterocycles. The van der Waals surface area contributed by atoms with Crippen molar-refractivity contribution in [2.45, 2.75) is 31.4 Å². The zero-order chi connectivity index (χ0) is 9.84. The summed E-state index contributed by atoms with van der Waals surface area (Å²) >= 11 is 0. The Kier molecular flexibility index (Phi) is 3.41. The molecule has 1 unspecified atom stereocenters. The van der Waals surface area contributed by atoms with Gasteiger partial charge in [-0.25, -0.2) is 13.6 Å². The molecule has 1 aliphatic carbocycles. The fraction of sp³-hybridized carbons (Fsp3) is 0.857. The first-order valence-electron chi connectivity index (χ1n) is 4.10. The van der Waals surface area contributed by atoms with Crippen LogP contribution in [0.2, 0.25) is 0 Å². The third kappa shape index (κ3) is 4.02. The van der Waals surface area contributed by atoms with Crippen LogP contribution in [0.3, 0.4) is 0 Å². The van der Waals surface area contributed by atoms with Gasteiger partial charge in [0.1, 0.15) is 6.10 Å². The first-order valence-corrected chi connectivity index (χ1v) is 4.10. The lowest BCUT2D eigenvalue weighted by molar-refractivity contribution is -0.00175. The van der Waals surface area contributed by atoms with Gasteiger partial charge in [-0.15, -0.1) is 0 Å². The summed E-state index contributed by atoms with van der Waals surface area (Å²) in [7, 11) is 0. The minimum Gasteiger partial charge on any atom is -0.385 e. The Bertz CT molecular complexity index is 185. The van der Waals surface area contributed by atoms with Crippen molar-refractivity contribution in [1.29, 1.82) is 0 Å². The van der Waals surface area contributed by atoms with Gasteiger partial charge in [0.25, 0.3) is 6.43 Å².